The molecule has 1 amide bonds. The van der Waals surface area contributed by atoms with Crippen molar-refractivity contribution in [3.63, 3.8) is 0 Å². The molecular weight excluding hydrogens is 554 g/mol. The number of carbonyl (C=O) groups is 1. The van der Waals surface area contributed by atoms with Crippen molar-refractivity contribution in [3.05, 3.63) is 70.3 Å². The van der Waals surface area contributed by atoms with Crippen LogP contribution < -0.4 is 14.8 Å². The van der Waals surface area contributed by atoms with Gasteiger partial charge in [-0.3, -0.25) is 4.79 Å². The fourth-order valence-electron chi connectivity index (χ4n) is 4.42. The lowest BCUT2D eigenvalue weighted by atomic mass is 10.1. The molecule has 0 saturated carbocycles. The summed E-state index contributed by atoms with van der Waals surface area (Å²) in [6.07, 6.45) is 0.925. The first kappa shape index (κ1) is 26.3. The Hall–Kier alpha value is -3.98. The fourth-order valence-corrected chi connectivity index (χ4v) is 4.63. The quantitative estimate of drug-likeness (QED) is 0.285. The van der Waals surface area contributed by atoms with Crippen LogP contribution in [-0.4, -0.2) is 73.6 Å². The summed E-state index contributed by atoms with van der Waals surface area (Å²) in [5.41, 5.74) is -0.00859. The van der Waals surface area contributed by atoms with Gasteiger partial charge < -0.3 is 34.4 Å². The lowest BCUT2D eigenvalue weighted by Gasteiger charge is -2.15. The molecule has 0 radical (unpaired) electrons. The minimum Gasteiger partial charge on any atom is -0.471 e. The van der Waals surface area contributed by atoms with Crippen molar-refractivity contribution in [1.82, 2.24) is 30.2 Å². The van der Waals surface area contributed by atoms with Crippen LogP contribution in [0.25, 0.3) is 11.2 Å². The number of nitrogens with zero attached hydrogens (tertiary/aromatic N) is 4. The van der Waals surface area contributed by atoms with E-state index in [0.29, 0.717) is 11.3 Å². The van der Waals surface area contributed by atoms with E-state index in [4.69, 9.17) is 30.5 Å². The first-order valence-electron chi connectivity index (χ1n) is 12.1. The minimum absolute atomic E-state index is 0.00714. The number of fused-ring (bicyclic) bond motifs is 2. The third kappa shape index (κ3) is 5.25. The summed E-state index contributed by atoms with van der Waals surface area (Å²) in [6.45, 7) is -0.183. The highest BCUT2D eigenvalue weighted by molar-refractivity contribution is 6.32. The van der Waals surface area contributed by atoms with Crippen molar-refractivity contribution in [2.24, 2.45) is 0 Å². The molecule has 3 aromatic heterocycles. The Labute approximate surface area is 229 Å². The first-order valence-corrected chi connectivity index (χ1v) is 12.5. The molecule has 2 fully saturated rings. The van der Waals surface area contributed by atoms with Gasteiger partial charge in [0, 0.05) is 18.0 Å². The van der Waals surface area contributed by atoms with Crippen molar-refractivity contribution < 1.29 is 37.6 Å². The molecule has 208 valence electrons. The molecule has 5 heterocycles. The summed E-state index contributed by atoms with van der Waals surface area (Å²) >= 11 is 6.28. The number of imidazole rings is 1. The number of rotatable bonds is 8. The lowest BCUT2D eigenvalue weighted by Crippen LogP contribution is -2.34. The third-order valence-corrected chi connectivity index (χ3v) is 6.67. The summed E-state index contributed by atoms with van der Waals surface area (Å²) in [4.78, 5) is 31.7. The van der Waals surface area contributed by atoms with Gasteiger partial charge in [0.2, 0.25) is 5.88 Å². The second kappa shape index (κ2) is 10.9. The van der Waals surface area contributed by atoms with E-state index in [1.165, 1.54) is 18.5 Å². The van der Waals surface area contributed by atoms with E-state index >= 15 is 0 Å². The number of H-pyrrole nitrogens is 1. The molecule has 1 aromatic carbocycles. The molecule has 4 atom stereocenters. The van der Waals surface area contributed by atoms with E-state index in [0.717, 1.165) is 12.1 Å². The maximum absolute atomic E-state index is 14.8. The zero-order valence-electron chi connectivity index (χ0n) is 20.5. The van der Waals surface area contributed by atoms with Gasteiger partial charge in [-0.1, -0.05) is 11.6 Å². The van der Waals surface area contributed by atoms with Crippen molar-refractivity contribution >= 4 is 28.7 Å². The van der Waals surface area contributed by atoms with Crippen LogP contribution in [-0.2, 0) is 22.6 Å². The summed E-state index contributed by atoms with van der Waals surface area (Å²) in [6, 6.07) is 5.04. The number of amides is 1. The normalized spacial score (nSPS) is 21.9. The standard InChI is InChI=1S/C25H21ClF2N6O6/c26-13-6-16-22(34-25(32-16)40-18-10-38-20-17(35)9-37-21(18)20)33-24(13)39-8-12-14(27)4-11(5-15(12)28)23(36)31-7-19-29-2-1-3-30-19/h1-6,17-18,20-21,35H,7-10H2,(H,31,36)(H,32,33,34)/t17-,18-,20?,21?/m1/s1. The van der Waals surface area contributed by atoms with E-state index in [1.807, 2.05) is 0 Å². The smallest absolute Gasteiger partial charge is 0.296 e. The van der Waals surface area contributed by atoms with E-state index < -0.39 is 54.1 Å². The maximum Gasteiger partial charge on any atom is 0.296 e. The highest BCUT2D eigenvalue weighted by Gasteiger charge is 2.48. The Kier molecular flexibility index (Phi) is 7.14. The van der Waals surface area contributed by atoms with Gasteiger partial charge in [-0.15, -0.1) is 0 Å². The molecule has 15 heteroatoms. The number of aromatic amines is 1. The van der Waals surface area contributed by atoms with E-state index in [1.54, 1.807) is 6.07 Å². The predicted octanol–water partition coefficient (Wildman–Crippen LogP) is 2.09. The highest BCUT2D eigenvalue weighted by atomic mass is 35.5. The second-order valence-corrected chi connectivity index (χ2v) is 9.47. The number of nitrogens with one attached hydrogen (secondary N) is 2. The Balaban J connectivity index is 1.12. The predicted molar refractivity (Wildman–Crippen MR) is 133 cm³/mol. The molecular formula is C25H21ClF2N6O6. The zero-order chi connectivity index (χ0) is 27.8. The van der Waals surface area contributed by atoms with Gasteiger partial charge in [0.1, 0.15) is 47.4 Å². The Morgan fingerprint density at radius 3 is 2.65 bits per heavy atom. The second-order valence-electron chi connectivity index (χ2n) is 9.06. The topological polar surface area (TPSA) is 154 Å². The number of hydrogen-bond donors (Lipinski definition) is 3. The number of ether oxygens (including phenoxy) is 4. The molecule has 6 rings (SSSR count). The van der Waals surface area contributed by atoms with Gasteiger partial charge in [-0.2, -0.15) is 9.97 Å². The number of hydrogen-bond acceptors (Lipinski definition) is 10. The van der Waals surface area contributed by atoms with Crippen LogP contribution in [0.2, 0.25) is 5.02 Å². The van der Waals surface area contributed by atoms with Crippen molar-refractivity contribution in [1.29, 1.82) is 0 Å². The highest BCUT2D eigenvalue weighted by Crippen LogP contribution is 2.31. The van der Waals surface area contributed by atoms with Crippen LogP contribution in [0.5, 0.6) is 11.9 Å². The molecule has 12 nitrogen and oxygen atoms in total. The number of carbonyl (C=O) groups excluding carboxylic acids is 1. The molecule has 2 saturated heterocycles. The van der Waals surface area contributed by atoms with Crippen LogP contribution in [0.15, 0.2) is 36.7 Å². The first-order chi connectivity index (χ1) is 19.4. The molecule has 2 aliphatic rings. The van der Waals surface area contributed by atoms with Gasteiger partial charge in [0.25, 0.3) is 11.9 Å². The monoisotopic (exact) mass is 574 g/mol. The van der Waals surface area contributed by atoms with Gasteiger partial charge in [0.05, 0.1) is 30.8 Å². The Morgan fingerprint density at radius 1 is 1.12 bits per heavy atom. The van der Waals surface area contributed by atoms with E-state index in [9.17, 15) is 18.7 Å². The molecule has 40 heavy (non-hydrogen) atoms. The van der Waals surface area contributed by atoms with Crippen molar-refractivity contribution in [3.8, 4) is 11.9 Å². The minimum atomic E-state index is -0.981. The average molecular weight is 575 g/mol. The molecule has 3 N–H and O–H groups in total. The van der Waals surface area contributed by atoms with Crippen LogP contribution in [0.4, 0.5) is 8.78 Å². The number of aliphatic hydroxyl groups excluding tert-OH is 1. The number of halogens is 3. The molecule has 0 bridgehead atoms. The van der Waals surface area contributed by atoms with Gasteiger partial charge in [-0.25, -0.2) is 18.7 Å². The van der Waals surface area contributed by atoms with Gasteiger partial charge in [-0.05, 0) is 24.3 Å². The van der Waals surface area contributed by atoms with Crippen LogP contribution >= 0.6 is 11.6 Å². The molecule has 4 aromatic rings. The molecule has 2 unspecified atom stereocenters. The number of pyridine rings is 1. The fraction of sp³-hybridized carbons (Fsp3) is 0.320. The summed E-state index contributed by atoms with van der Waals surface area (Å²) in [5.74, 6) is -2.42. The van der Waals surface area contributed by atoms with Crippen LogP contribution in [0, 0.1) is 11.6 Å². The number of aromatic nitrogens is 5. The molecule has 0 spiro atoms. The average Bonchev–Trinajstić information content (AvgIpc) is 3.63. The summed E-state index contributed by atoms with van der Waals surface area (Å²) < 4.78 is 52.0. The van der Waals surface area contributed by atoms with Crippen LogP contribution in [0.3, 0.4) is 0 Å². The van der Waals surface area contributed by atoms with Crippen molar-refractivity contribution in [2.45, 2.75) is 37.6 Å². The van der Waals surface area contributed by atoms with Gasteiger partial charge in [0.15, 0.2) is 11.8 Å². The number of aliphatic hydroxyl groups is 1. The van der Waals surface area contributed by atoms with E-state index in [2.05, 4.69) is 30.2 Å². The summed E-state index contributed by atoms with van der Waals surface area (Å²) in [5, 5.41) is 12.5. The maximum atomic E-state index is 14.8. The Morgan fingerprint density at radius 2 is 1.88 bits per heavy atom. The van der Waals surface area contributed by atoms with Gasteiger partial charge >= 0.3 is 0 Å². The third-order valence-electron chi connectivity index (χ3n) is 6.40. The van der Waals surface area contributed by atoms with Crippen LogP contribution in [0.1, 0.15) is 21.7 Å². The Bertz CT molecular complexity index is 1540. The van der Waals surface area contributed by atoms with E-state index in [-0.39, 0.29) is 47.9 Å². The summed E-state index contributed by atoms with van der Waals surface area (Å²) in [7, 11) is 0. The zero-order valence-corrected chi connectivity index (χ0v) is 21.3. The largest absolute Gasteiger partial charge is 0.471 e. The molecule has 0 aliphatic carbocycles. The van der Waals surface area contributed by atoms with Crippen molar-refractivity contribution in [2.75, 3.05) is 13.2 Å². The number of benzene rings is 1. The molecule has 2 aliphatic heterocycles. The lowest BCUT2D eigenvalue weighted by molar-refractivity contribution is 0.00706. The SMILES string of the molecule is O=C(NCc1ncccn1)c1cc(F)c(COc2nc3nc(O[C@@H]4COC5C4OC[C@H]5O)[nH]c3cc2Cl)c(F)c1.